The maximum Gasteiger partial charge on any atom is 0.0577 e. The summed E-state index contributed by atoms with van der Waals surface area (Å²) in [6.07, 6.45) is 5.66. The summed E-state index contributed by atoms with van der Waals surface area (Å²) in [7, 11) is 0. The molecule has 0 fully saturated rings. The second-order valence-corrected chi connectivity index (χ2v) is 3.34. The van der Waals surface area contributed by atoms with Gasteiger partial charge >= 0.3 is 0 Å². The van der Waals surface area contributed by atoms with Crippen LogP contribution in [0.15, 0.2) is 36.5 Å². The van der Waals surface area contributed by atoms with Crippen molar-refractivity contribution in [2.24, 2.45) is 0 Å². The van der Waals surface area contributed by atoms with Gasteiger partial charge in [-0.3, -0.25) is 5.10 Å². The first-order chi connectivity index (χ1) is 6.84. The second-order valence-electron chi connectivity index (χ2n) is 2.90. The van der Waals surface area contributed by atoms with Crippen LogP contribution in [0.2, 0.25) is 5.02 Å². The molecule has 0 amide bonds. The molecule has 1 aromatic heterocycles. The van der Waals surface area contributed by atoms with Crippen molar-refractivity contribution in [3.63, 3.8) is 0 Å². The molecule has 70 valence electrons. The Morgan fingerprint density at radius 1 is 1.21 bits per heavy atom. The Morgan fingerprint density at radius 2 is 2.14 bits per heavy atom. The number of benzene rings is 1. The van der Waals surface area contributed by atoms with Gasteiger partial charge in [-0.25, -0.2) is 0 Å². The second kappa shape index (κ2) is 4.11. The molecule has 14 heavy (non-hydrogen) atoms. The van der Waals surface area contributed by atoms with E-state index in [0.29, 0.717) is 0 Å². The number of hydrogen-bond acceptors (Lipinski definition) is 1. The van der Waals surface area contributed by atoms with E-state index >= 15 is 0 Å². The van der Waals surface area contributed by atoms with E-state index in [2.05, 4.69) is 10.2 Å². The van der Waals surface area contributed by atoms with Gasteiger partial charge in [-0.15, -0.1) is 0 Å². The molecule has 0 atom stereocenters. The molecular formula is C11H9ClN2. The Morgan fingerprint density at radius 3 is 2.86 bits per heavy atom. The van der Waals surface area contributed by atoms with Gasteiger partial charge in [0, 0.05) is 11.2 Å². The van der Waals surface area contributed by atoms with Crippen LogP contribution in [-0.2, 0) is 0 Å². The van der Waals surface area contributed by atoms with Crippen LogP contribution in [0.5, 0.6) is 0 Å². The molecule has 0 saturated carbocycles. The molecule has 3 heteroatoms. The van der Waals surface area contributed by atoms with Crippen molar-refractivity contribution in [1.82, 2.24) is 10.2 Å². The van der Waals surface area contributed by atoms with Crippen molar-refractivity contribution < 1.29 is 0 Å². The van der Waals surface area contributed by atoms with E-state index in [-0.39, 0.29) is 0 Å². The predicted molar refractivity (Wildman–Crippen MR) is 59.0 cm³/mol. The first-order valence-corrected chi connectivity index (χ1v) is 4.65. The van der Waals surface area contributed by atoms with Crippen molar-refractivity contribution in [3.8, 4) is 0 Å². The van der Waals surface area contributed by atoms with E-state index in [1.165, 1.54) is 0 Å². The van der Waals surface area contributed by atoms with Gasteiger partial charge in [0.15, 0.2) is 0 Å². The van der Waals surface area contributed by atoms with Crippen molar-refractivity contribution in [3.05, 3.63) is 52.8 Å². The molecule has 0 spiro atoms. The lowest BCUT2D eigenvalue weighted by Gasteiger charge is -1.93. The number of nitrogens with one attached hydrogen (secondary N) is 1. The van der Waals surface area contributed by atoms with E-state index in [4.69, 9.17) is 11.6 Å². The highest BCUT2D eigenvalue weighted by Crippen LogP contribution is 2.12. The summed E-state index contributed by atoms with van der Waals surface area (Å²) in [4.78, 5) is 0. The Kier molecular flexibility index (Phi) is 2.65. The minimum absolute atomic E-state index is 0.747. The summed E-state index contributed by atoms with van der Waals surface area (Å²) < 4.78 is 0. The normalized spacial score (nSPS) is 10.9. The minimum atomic E-state index is 0.747. The van der Waals surface area contributed by atoms with Crippen molar-refractivity contribution in [2.45, 2.75) is 0 Å². The van der Waals surface area contributed by atoms with E-state index in [1.807, 2.05) is 42.5 Å². The van der Waals surface area contributed by atoms with Gasteiger partial charge in [0.25, 0.3) is 0 Å². The van der Waals surface area contributed by atoms with Crippen LogP contribution < -0.4 is 0 Å². The molecule has 0 saturated heterocycles. The molecule has 0 aliphatic heterocycles. The Bertz CT molecular complexity index is 432. The summed E-state index contributed by atoms with van der Waals surface area (Å²) in [5.41, 5.74) is 2.05. The average Bonchev–Trinajstić information content (AvgIpc) is 2.67. The zero-order valence-corrected chi connectivity index (χ0v) is 8.20. The van der Waals surface area contributed by atoms with Crippen LogP contribution in [0, 0.1) is 0 Å². The van der Waals surface area contributed by atoms with Crippen molar-refractivity contribution in [1.29, 1.82) is 0 Å². The monoisotopic (exact) mass is 204 g/mol. The van der Waals surface area contributed by atoms with E-state index in [9.17, 15) is 0 Å². The zero-order chi connectivity index (χ0) is 9.80. The SMILES string of the molecule is Clc1cccc(/C=C/c2ccn[nH]2)c1. The molecule has 2 nitrogen and oxygen atoms in total. The summed E-state index contributed by atoms with van der Waals surface area (Å²) in [5.74, 6) is 0. The van der Waals surface area contributed by atoms with E-state index < -0.39 is 0 Å². The zero-order valence-electron chi connectivity index (χ0n) is 7.44. The molecule has 0 unspecified atom stereocenters. The third-order valence-corrected chi connectivity index (χ3v) is 2.06. The van der Waals surface area contributed by atoms with E-state index in [1.54, 1.807) is 6.20 Å². The first-order valence-electron chi connectivity index (χ1n) is 4.27. The Hall–Kier alpha value is -1.54. The molecule has 0 aliphatic rings. The number of hydrogen-bond donors (Lipinski definition) is 1. The largest absolute Gasteiger partial charge is 0.278 e. The van der Waals surface area contributed by atoms with Crippen LogP contribution in [0.25, 0.3) is 12.2 Å². The fourth-order valence-corrected chi connectivity index (χ4v) is 1.35. The lowest BCUT2D eigenvalue weighted by molar-refractivity contribution is 1.08. The summed E-state index contributed by atoms with van der Waals surface area (Å²) in [5, 5.41) is 7.45. The number of aromatic nitrogens is 2. The number of nitrogens with zero attached hydrogens (tertiary/aromatic N) is 1. The van der Waals surface area contributed by atoms with Gasteiger partial charge < -0.3 is 0 Å². The minimum Gasteiger partial charge on any atom is -0.278 e. The van der Waals surface area contributed by atoms with Crippen LogP contribution >= 0.6 is 11.6 Å². The van der Waals surface area contributed by atoms with Gasteiger partial charge in [-0.1, -0.05) is 29.8 Å². The molecule has 0 aliphatic carbocycles. The molecule has 2 aromatic rings. The van der Waals surface area contributed by atoms with Gasteiger partial charge in [0.2, 0.25) is 0 Å². The number of halogens is 1. The standard InChI is InChI=1S/C11H9ClN2/c12-10-3-1-2-9(8-10)4-5-11-6-7-13-14-11/h1-8H,(H,13,14)/b5-4+. The maximum atomic E-state index is 5.85. The fourth-order valence-electron chi connectivity index (χ4n) is 1.16. The van der Waals surface area contributed by atoms with Gasteiger partial charge in [0.1, 0.15) is 0 Å². The molecule has 1 heterocycles. The van der Waals surface area contributed by atoms with Crippen LogP contribution in [0.1, 0.15) is 11.3 Å². The lowest BCUT2D eigenvalue weighted by Crippen LogP contribution is -1.73. The molecule has 2 rings (SSSR count). The molecule has 1 aromatic carbocycles. The van der Waals surface area contributed by atoms with Gasteiger partial charge in [0.05, 0.1) is 5.69 Å². The third-order valence-electron chi connectivity index (χ3n) is 1.83. The average molecular weight is 205 g/mol. The summed E-state index contributed by atoms with van der Waals surface area (Å²) in [6, 6.07) is 9.60. The fraction of sp³-hybridized carbons (Fsp3) is 0. The topological polar surface area (TPSA) is 28.7 Å². The van der Waals surface area contributed by atoms with Gasteiger partial charge in [-0.05, 0) is 29.8 Å². The number of aromatic amines is 1. The van der Waals surface area contributed by atoms with Crippen LogP contribution in [0.3, 0.4) is 0 Å². The lowest BCUT2D eigenvalue weighted by atomic mass is 10.2. The highest BCUT2D eigenvalue weighted by atomic mass is 35.5. The summed E-state index contributed by atoms with van der Waals surface area (Å²) >= 11 is 5.85. The van der Waals surface area contributed by atoms with Crippen LogP contribution in [0.4, 0.5) is 0 Å². The molecular weight excluding hydrogens is 196 g/mol. The summed E-state index contributed by atoms with van der Waals surface area (Å²) in [6.45, 7) is 0. The highest BCUT2D eigenvalue weighted by Gasteiger charge is 1.89. The van der Waals surface area contributed by atoms with Crippen molar-refractivity contribution >= 4 is 23.8 Å². The quantitative estimate of drug-likeness (QED) is 0.800. The Balaban J connectivity index is 2.18. The third kappa shape index (κ3) is 2.24. The molecule has 1 N–H and O–H groups in total. The van der Waals surface area contributed by atoms with E-state index in [0.717, 1.165) is 16.3 Å². The molecule has 0 radical (unpaired) electrons. The first kappa shape index (κ1) is 9.03. The Labute approximate surface area is 87.2 Å². The smallest absolute Gasteiger partial charge is 0.0577 e. The van der Waals surface area contributed by atoms with Crippen molar-refractivity contribution in [2.75, 3.05) is 0 Å². The highest BCUT2D eigenvalue weighted by molar-refractivity contribution is 6.30. The maximum absolute atomic E-state index is 5.85. The van der Waals surface area contributed by atoms with Gasteiger partial charge in [-0.2, -0.15) is 5.10 Å². The van der Waals surface area contributed by atoms with Crippen LogP contribution in [-0.4, -0.2) is 10.2 Å². The molecule has 0 bridgehead atoms. The number of H-pyrrole nitrogens is 1. The predicted octanol–water partition coefficient (Wildman–Crippen LogP) is 3.23. The number of rotatable bonds is 2.